The zero-order valence-corrected chi connectivity index (χ0v) is 12.5. The van der Waals surface area contributed by atoms with E-state index in [4.69, 9.17) is 5.73 Å². The zero-order valence-electron chi connectivity index (χ0n) is 11.7. The quantitative estimate of drug-likeness (QED) is 0.588. The van der Waals surface area contributed by atoms with Gasteiger partial charge in [0.15, 0.2) is 5.82 Å². The van der Waals surface area contributed by atoms with Crippen molar-refractivity contribution in [1.29, 1.82) is 0 Å². The highest BCUT2D eigenvalue weighted by atomic mass is 32.2. The maximum atomic E-state index is 13.8. The first kappa shape index (κ1) is 17.3. The number of benzene rings is 1. The van der Waals surface area contributed by atoms with Crippen molar-refractivity contribution >= 4 is 15.7 Å². The number of halogens is 1. The summed E-state index contributed by atoms with van der Waals surface area (Å²) in [6, 6.07) is 1.39. The highest BCUT2D eigenvalue weighted by Gasteiger charge is 2.29. The average molecular weight is 321 g/mol. The number of nitrogens with two attached hydrogens (primary N) is 1. The minimum absolute atomic E-state index is 0.00698. The van der Waals surface area contributed by atoms with Gasteiger partial charge in [-0.2, -0.15) is 0 Å². The predicted molar refractivity (Wildman–Crippen MR) is 73.1 cm³/mol. The van der Waals surface area contributed by atoms with Gasteiger partial charge < -0.3 is 10.5 Å². The first-order chi connectivity index (χ1) is 9.54. The molecular formula is C11H16FN3O5S. The van der Waals surface area contributed by atoms with Gasteiger partial charge in [0.25, 0.3) is 0 Å². The average Bonchev–Trinajstić information content (AvgIpc) is 2.36. The molecular weight excluding hydrogens is 305 g/mol. The van der Waals surface area contributed by atoms with E-state index >= 15 is 0 Å². The Morgan fingerprint density at radius 2 is 2.05 bits per heavy atom. The van der Waals surface area contributed by atoms with Gasteiger partial charge in [-0.05, 0) is 19.9 Å². The Labute approximate surface area is 121 Å². The van der Waals surface area contributed by atoms with Gasteiger partial charge in [0, 0.05) is 18.2 Å². The molecule has 3 N–H and O–H groups in total. The van der Waals surface area contributed by atoms with Crippen molar-refractivity contribution in [2.45, 2.75) is 24.3 Å². The van der Waals surface area contributed by atoms with E-state index in [1.807, 2.05) is 0 Å². The van der Waals surface area contributed by atoms with Crippen molar-refractivity contribution in [3.63, 3.8) is 0 Å². The second-order valence-corrected chi connectivity index (χ2v) is 6.59. The summed E-state index contributed by atoms with van der Waals surface area (Å²) in [6.07, 6.45) is 0. The maximum absolute atomic E-state index is 13.8. The van der Waals surface area contributed by atoms with Gasteiger partial charge in [-0.3, -0.25) is 10.1 Å². The summed E-state index contributed by atoms with van der Waals surface area (Å²) in [5.41, 5.74) is 3.66. The normalized spacial score (nSPS) is 12.2. The lowest BCUT2D eigenvalue weighted by molar-refractivity contribution is -0.386. The van der Waals surface area contributed by atoms with Crippen LogP contribution < -0.4 is 15.2 Å². The van der Waals surface area contributed by atoms with Gasteiger partial charge in [-0.1, -0.05) is 0 Å². The van der Waals surface area contributed by atoms with Gasteiger partial charge in [0.2, 0.25) is 15.8 Å². The molecule has 0 saturated heterocycles. The van der Waals surface area contributed by atoms with Crippen LogP contribution in [0.15, 0.2) is 17.0 Å². The number of nitrogens with zero attached hydrogens (tertiary/aromatic N) is 1. The summed E-state index contributed by atoms with van der Waals surface area (Å²) in [7, 11) is -3.11. The third kappa shape index (κ3) is 3.86. The molecule has 0 unspecified atom stereocenters. The molecule has 0 amide bonds. The largest absolute Gasteiger partial charge is 0.488 e. The second kappa shape index (κ2) is 5.92. The summed E-state index contributed by atoms with van der Waals surface area (Å²) in [6.45, 7) is 3.05. The van der Waals surface area contributed by atoms with E-state index in [9.17, 15) is 22.9 Å². The van der Waals surface area contributed by atoms with Crippen LogP contribution in [0.2, 0.25) is 0 Å². The molecule has 118 valence electrons. The summed E-state index contributed by atoms with van der Waals surface area (Å²) >= 11 is 0. The van der Waals surface area contributed by atoms with Crippen LogP contribution in [0.25, 0.3) is 0 Å². The lowest BCUT2D eigenvalue weighted by atomic mass is 10.1. The smallest absolute Gasteiger partial charge is 0.315 e. The fourth-order valence-electron chi connectivity index (χ4n) is 1.51. The molecule has 0 aromatic heterocycles. The van der Waals surface area contributed by atoms with Crippen LogP contribution in [0.1, 0.15) is 13.8 Å². The van der Waals surface area contributed by atoms with Crippen LogP contribution in [0.3, 0.4) is 0 Å². The molecule has 0 fully saturated rings. The summed E-state index contributed by atoms with van der Waals surface area (Å²) in [4.78, 5) is 9.38. The van der Waals surface area contributed by atoms with E-state index in [1.54, 1.807) is 0 Å². The van der Waals surface area contributed by atoms with E-state index in [2.05, 4.69) is 9.46 Å². The van der Waals surface area contributed by atoms with Crippen molar-refractivity contribution < 1.29 is 22.5 Å². The van der Waals surface area contributed by atoms with Crippen LogP contribution >= 0.6 is 0 Å². The van der Waals surface area contributed by atoms with Crippen molar-refractivity contribution in [3.05, 3.63) is 28.1 Å². The minimum atomic E-state index is -4.16. The van der Waals surface area contributed by atoms with Gasteiger partial charge in [0.1, 0.15) is 0 Å². The number of rotatable bonds is 6. The predicted octanol–water partition coefficient (Wildman–Crippen LogP) is 0.758. The highest BCUT2D eigenvalue weighted by Crippen LogP contribution is 2.32. The van der Waals surface area contributed by atoms with Gasteiger partial charge in [-0.25, -0.2) is 17.5 Å². The number of hydrogen-bond acceptors (Lipinski definition) is 6. The molecule has 0 aliphatic heterocycles. The van der Waals surface area contributed by atoms with Crippen molar-refractivity contribution in [2.24, 2.45) is 5.73 Å². The lowest BCUT2D eigenvalue weighted by Crippen LogP contribution is -2.48. The van der Waals surface area contributed by atoms with Crippen LogP contribution in [0, 0.1) is 15.9 Å². The first-order valence-corrected chi connectivity index (χ1v) is 7.28. The molecule has 0 radical (unpaired) electrons. The fourth-order valence-corrected chi connectivity index (χ4v) is 2.97. The van der Waals surface area contributed by atoms with Crippen LogP contribution in [-0.4, -0.2) is 32.5 Å². The Kier molecular flexibility index (Phi) is 4.87. The number of ether oxygens (including phenoxy) is 1. The number of nitrogens with one attached hydrogen (secondary N) is 1. The Balaban J connectivity index is 3.41. The van der Waals surface area contributed by atoms with Crippen LogP contribution in [-0.2, 0) is 10.0 Å². The Morgan fingerprint density at radius 1 is 1.48 bits per heavy atom. The minimum Gasteiger partial charge on any atom is -0.488 e. The Morgan fingerprint density at radius 3 is 2.48 bits per heavy atom. The van der Waals surface area contributed by atoms with Crippen LogP contribution in [0.5, 0.6) is 5.75 Å². The SMILES string of the molecule is COc1c(F)cc(S(=O)(=O)NC(C)(C)CN)cc1[N+](=O)[O-]. The number of methoxy groups -OCH3 is 1. The standard InChI is InChI=1S/C11H16FN3O5S/c1-11(2,6-13)14-21(18,19)7-4-8(12)10(20-3)9(5-7)15(16)17/h4-5,14H,6,13H2,1-3H3. The molecule has 0 saturated carbocycles. The molecule has 1 rings (SSSR count). The highest BCUT2D eigenvalue weighted by molar-refractivity contribution is 7.89. The molecule has 0 atom stereocenters. The molecule has 8 nitrogen and oxygen atoms in total. The first-order valence-electron chi connectivity index (χ1n) is 5.80. The number of nitro groups is 1. The van der Waals surface area contributed by atoms with E-state index in [0.717, 1.165) is 13.2 Å². The lowest BCUT2D eigenvalue weighted by Gasteiger charge is -2.23. The molecule has 0 aliphatic carbocycles. The van der Waals surface area contributed by atoms with Crippen molar-refractivity contribution in [1.82, 2.24) is 4.72 Å². The van der Waals surface area contributed by atoms with E-state index in [1.165, 1.54) is 13.8 Å². The van der Waals surface area contributed by atoms with Crippen molar-refractivity contribution in [3.8, 4) is 5.75 Å². The maximum Gasteiger partial charge on any atom is 0.315 e. The second-order valence-electron chi connectivity index (χ2n) is 4.91. The monoisotopic (exact) mass is 321 g/mol. The van der Waals surface area contributed by atoms with Crippen molar-refractivity contribution in [2.75, 3.05) is 13.7 Å². The molecule has 0 spiro atoms. The molecule has 0 aliphatic rings. The summed E-state index contributed by atoms with van der Waals surface area (Å²) in [5.74, 6) is -1.77. The third-order valence-electron chi connectivity index (χ3n) is 2.63. The third-order valence-corrected chi connectivity index (χ3v) is 4.31. The molecule has 10 heteroatoms. The van der Waals surface area contributed by atoms with E-state index in [0.29, 0.717) is 6.07 Å². The molecule has 1 aromatic rings. The summed E-state index contributed by atoms with van der Waals surface area (Å²) in [5, 5.41) is 10.9. The van der Waals surface area contributed by atoms with E-state index in [-0.39, 0.29) is 6.54 Å². The fraction of sp³-hybridized carbons (Fsp3) is 0.455. The molecule has 1 aromatic carbocycles. The number of sulfonamides is 1. The van der Waals surface area contributed by atoms with Gasteiger partial charge in [-0.15, -0.1) is 0 Å². The Bertz CT molecular complexity index is 660. The molecule has 21 heavy (non-hydrogen) atoms. The van der Waals surface area contributed by atoms with Crippen LogP contribution in [0.4, 0.5) is 10.1 Å². The van der Waals surface area contributed by atoms with E-state index < -0.39 is 42.6 Å². The topological polar surface area (TPSA) is 125 Å². The molecule has 0 heterocycles. The molecule has 0 bridgehead atoms. The van der Waals surface area contributed by atoms with Gasteiger partial charge in [0.05, 0.1) is 16.9 Å². The zero-order chi connectivity index (χ0) is 16.4. The van der Waals surface area contributed by atoms with Gasteiger partial charge >= 0.3 is 5.69 Å². The Hall–Kier alpha value is -1.78. The number of nitro benzene ring substituents is 1. The summed E-state index contributed by atoms with van der Waals surface area (Å²) < 4.78 is 44.9. The number of hydrogen-bond donors (Lipinski definition) is 2.